The van der Waals surface area contributed by atoms with Gasteiger partial charge < -0.3 is 9.84 Å². The van der Waals surface area contributed by atoms with Crippen LogP contribution in [-0.4, -0.2) is 17.1 Å². The van der Waals surface area contributed by atoms with Crippen LogP contribution < -0.4 is 5.32 Å². The Morgan fingerprint density at radius 2 is 1.85 bits per heavy atom. The van der Waals surface area contributed by atoms with E-state index in [1.165, 1.54) is 11.6 Å². The molecule has 0 fully saturated rings. The van der Waals surface area contributed by atoms with Crippen molar-refractivity contribution in [1.29, 1.82) is 0 Å². The van der Waals surface area contributed by atoms with Crippen molar-refractivity contribution in [2.45, 2.75) is 32.7 Å². The first-order valence-corrected chi connectivity index (χ1v) is 8.62. The SMILES string of the molecule is Cc1onc(-c2ccccc2F)c1C(=O)N[C@H](C)CCc1ccccc1. The Balaban J connectivity index is 1.72. The highest BCUT2D eigenvalue weighted by Crippen LogP contribution is 2.27. The van der Waals surface area contributed by atoms with Crippen LogP contribution in [0.2, 0.25) is 0 Å². The van der Waals surface area contributed by atoms with E-state index in [4.69, 9.17) is 4.52 Å². The minimum Gasteiger partial charge on any atom is -0.360 e. The molecule has 5 heteroatoms. The van der Waals surface area contributed by atoms with E-state index in [0.717, 1.165) is 12.8 Å². The zero-order valence-corrected chi connectivity index (χ0v) is 14.8. The minimum absolute atomic E-state index is 0.0366. The number of aromatic nitrogens is 1. The lowest BCUT2D eigenvalue weighted by molar-refractivity contribution is 0.0937. The number of benzene rings is 2. The van der Waals surface area contributed by atoms with E-state index in [1.54, 1.807) is 25.1 Å². The summed E-state index contributed by atoms with van der Waals surface area (Å²) < 4.78 is 19.2. The van der Waals surface area contributed by atoms with Crippen molar-refractivity contribution in [2.75, 3.05) is 0 Å². The number of rotatable bonds is 6. The van der Waals surface area contributed by atoms with Gasteiger partial charge in [-0.05, 0) is 44.4 Å². The van der Waals surface area contributed by atoms with Gasteiger partial charge in [0, 0.05) is 11.6 Å². The second-order valence-corrected chi connectivity index (χ2v) is 6.34. The molecule has 3 aromatic rings. The number of carbonyl (C=O) groups is 1. The summed E-state index contributed by atoms with van der Waals surface area (Å²) in [6, 6.07) is 16.3. The Bertz CT molecular complexity index is 890. The van der Waals surface area contributed by atoms with E-state index >= 15 is 0 Å². The zero-order valence-electron chi connectivity index (χ0n) is 14.8. The fourth-order valence-electron chi connectivity index (χ4n) is 2.87. The summed E-state index contributed by atoms with van der Waals surface area (Å²) in [6.45, 7) is 3.60. The maximum atomic E-state index is 14.1. The van der Waals surface area contributed by atoms with E-state index in [1.807, 2.05) is 25.1 Å². The highest BCUT2D eigenvalue weighted by Gasteiger charge is 2.24. The molecule has 0 unspecified atom stereocenters. The zero-order chi connectivity index (χ0) is 18.5. The largest absolute Gasteiger partial charge is 0.360 e. The van der Waals surface area contributed by atoms with Crippen LogP contribution in [0.15, 0.2) is 59.1 Å². The Kier molecular flexibility index (Phi) is 5.46. The number of hydrogen-bond acceptors (Lipinski definition) is 3. The van der Waals surface area contributed by atoms with Gasteiger partial charge in [-0.25, -0.2) is 4.39 Å². The third-order valence-corrected chi connectivity index (χ3v) is 4.31. The summed E-state index contributed by atoms with van der Waals surface area (Å²) in [5.41, 5.74) is 1.99. The molecule has 0 aliphatic heterocycles. The topological polar surface area (TPSA) is 55.1 Å². The quantitative estimate of drug-likeness (QED) is 0.708. The van der Waals surface area contributed by atoms with Gasteiger partial charge in [0.1, 0.15) is 22.8 Å². The van der Waals surface area contributed by atoms with Gasteiger partial charge in [0.25, 0.3) is 5.91 Å². The Hall–Kier alpha value is -2.95. The summed E-state index contributed by atoms with van der Waals surface area (Å²) in [6.07, 6.45) is 1.67. The molecule has 1 heterocycles. The third kappa shape index (κ3) is 3.99. The molecule has 3 rings (SSSR count). The van der Waals surface area contributed by atoms with Gasteiger partial charge in [0.2, 0.25) is 0 Å². The van der Waals surface area contributed by atoms with E-state index in [2.05, 4.69) is 22.6 Å². The first-order chi connectivity index (χ1) is 12.6. The molecule has 2 aromatic carbocycles. The Morgan fingerprint density at radius 1 is 1.15 bits per heavy atom. The van der Waals surface area contributed by atoms with Crippen LogP contribution in [0.3, 0.4) is 0 Å². The summed E-state index contributed by atoms with van der Waals surface area (Å²) in [5.74, 6) is -0.370. The molecule has 1 aromatic heterocycles. The maximum Gasteiger partial charge on any atom is 0.257 e. The smallest absolute Gasteiger partial charge is 0.257 e. The van der Waals surface area contributed by atoms with Crippen LogP contribution in [0.5, 0.6) is 0 Å². The Labute approximate surface area is 152 Å². The number of halogens is 1. The highest BCUT2D eigenvalue weighted by atomic mass is 19.1. The van der Waals surface area contributed by atoms with Crippen LogP contribution >= 0.6 is 0 Å². The summed E-state index contributed by atoms with van der Waals surface area (Å²) in [5, 5.41) is 6.85. The van der Waals surface area contributed by atoms with E-state index < -0.39 is 5.82 Å². The van der Waals surface area contributed by atoms with Crippen molar-refractivity contribution in [3.63, 3.8) is 0 Å². The molecule has 0 saturated carbocycles. The van der Waals surface area contributed by atoms with Crippen molar-refractivity contribution in [2.24, 2.45) is 0 Å². The van der Waals surface area contributed by atoms with Crippen molar-refractivity contribution in [3.05, 3.63) is 77.3 Å². The predicted octanol–water partition coefficient (Wildman–Crippen LogP) is 4.54. The number of aryl methyl sites for hydroxylation is 2. The molecular weight excluding hydrogens is 331 g/mol. The van der Waals surface area contributed by atoms with Crippen molar-refractivity contribution < 1.29 is 13.7 Å². The molecule has 1 N–H and O–H groups in total. The van der Waals surface area contributed by atoms with Crippen LogP contribution in [0, 0.1) is 12.7 Å². The molecule has 0 aliphatic carbocycles. The second-order valence-electron chi connectivity index (χ2n) is 6.34. The van der Waals surface area contributed by atoms with Crippen LogP contribution in [-0.2, 0) is 6.42 Å². The van der Waals surface area contributed by atoms with Gasteiger partial charge in [-0.2, -0.15) is 0 Å². The number of nitrogens with one attached hydrogen (secondary N) is 1. The van der Waals surface area contributed by atoms with Crippen molar-refractivity contribution in [1.82, 2.24) is 10.5 Å². The molecule has 1 amide bonds. The molecule has 1 atom stereocenters. The van der Waals surface area contributed by atoms with Gasteiger partial charge in [0.05, 0.1) is 0 Å². The third-order valence-electron chi connectivity index (χ3n) is 4.31. The van der Waals surface area contributed by atoms with Gasteiger partial charge in [-0.15, -0.1) is 0 Å². The van der Waals surface area contributed by atoms with Gasteiger partial charge in [-0.3, -0.25) is 4.79 Å². The molecule has 0 spiro atoms. The molecule has 26 heavy (non-hydrogen) atoms. The normalized spacial score (nSPS) is 12.0. The second kappa shape index (κ2) is 7.95. The molecule has 0 aliphatic rings. The lowest BCUT2D eigenvalue weighted by atomic mass is 10.0. The van der Waals surface area contributed by atoms with Gasteiger partial charge in [0.15, 0.2) is 0 Å². The lowest BCUT2D eigenvalue weighted by Crippen LogP contribution is -2.33. The molecule has 0 saturated heterocycles. The van der Waals surface area contributed by atoms with E-state index in [9.17, 15) is 9.18 Å². The fraction of sp³-hybridized carbons (Fsp3) is 0.238. The molecule has 134 valence electrons. The van der Waals surface area contributed by atoms with Gasteiger partial charge >= 0.3 is 0 Å². The van der Waals surface area contributed by atoms with Crippen LogP contribution in [0.25, 0.3) is 11.3 Å². The van der Waals surface area contributed by atoms with Crippen LogP contribution in [0.4, 0.5) is 4.39 Å². The van der Waals surface area contributed by atoms with Crippen molar-refractivity contribution >= 4 is 5.91 Å². The maximum absolute atomic E-state index is 14.1. The first kappa shape index (κ1) is 17.9. The standard InChI is InChI=1S/C21H21FN2O2/c1-14(12-13-16-8-4-3-5-9-16)23-21(25)19-15(2)26-24-20(19)17-10-6-7-11-18(17)22/h3-11,14H,12-13H2,1-2H3,(H,23,25)/t14-/m1/s1. The summed E-state index contributed by atoms with van der Waals surface area (Å²) in [7, 11) is 0. The molecule has 0 radical (unpaired) electrons. The van der Waals surface area contributed by atoms with E-state index in [-0.39, 0.29) is 28.8 Å². The molecule has 0 bridgehead atoms. The Morgan fingerprint density at radius 3 is 2.58 bits per heavy atom. The fourth-order valence-corrected chi connectivity index (χ4v) is 2.87. The van der Waals surface area contributed by atoms with E-state index in [0.29, 0.717) is 5.76 Å². The number of amides is 1. The molecular formula is C21H21FN2O2. The highest BCUT2D eigenvalue weighted by molar-refractivity contribution is 6.00. The van der Waals surface area contributed by atoms with Crippen LogP contribution in [0.1, 0.15) is 35.0 Å². The summed E-state index contributed by atoms with van der Waals surface area (Å²) in [4.78, 5) is 12.7. The molecule has 4 nitrogen and oxygen atoms in total. The summed E-state index contributed by atoms with van der Waals surface area (Å²) >= 11 is 0. The number of nitrogens with zero attached hydrogens (tertiary/aromatic N) is 1. The number of carbonyl (C=O) groups excluding carboxylic acids is 1. The number of hydrogen-bond donors (Lipinski definition) is 1. The predicted molar refractivity (Wildman–Crippen MR) is 98.3 cm³/mol. The average molecular weight is 352 g/mol. The average Bonchev–Trinajstić information content (AvgIpc) is 3.02. The monoisotopic (exact) mass is 352 g/mol. The van der Waals surface area contributed by atoms with Gasteiger partial charge in [-0.1, -0.05) is 47.6 Å². The first-order valence-electron chi connectivity index (χ1n) is 8.62. The lowest BCUT2D eigenvalue weighted by Gasteiger charge is -2.14. The van der Waals surface area contributed by atoms with Crippen molar-refractivity contribution in [3.8, 4) is 11.3 Å². The minimum atomic E-state index is -0.438.